The number of rotatable bonds is 5. The smallest absolute Gasteiger partial charge is 0.317 e. The van der Waals surface area contributed by atoms with Gasteiger partial charge in [-0.3, -0.25) is 0 Å². The number of nitrogens with zero attached hydrogens (tertiary/aromatic N) is 2. The zero-order valence-corrected chi connectivity index (χ0v) is 13.6. The largest absolute Gasteiger partial charge is 0.494 e. The Morgan fingerprint density at radius 1 is 1.48 bits per heavy atom. The van der Waals surface area contributed by atoms with E-state index >= 15 is 0 Å². The van der Waals surface area contributed by atoms with Crippen LogP contribution in [-0.2, 0) is 6.54 Å². The van der Waals surface area contributed by atoms with Crippen LogP contribution < -0.4 is 10.1 Å². The van der Waals surface area contributed by atoms with Gasteiger partial charge in [-0.1, -0.05) is 11.2 Å². The molecule has 7 heteroatoms. The van der Waals surface area contributed by atoms with E-state index in [1.54, 1.807) is 33.0 Å². The van der Waals surface area contributed by atoms with Gasteiger partial charge in [-0.05, 0) is 31.5 Å². The van der Waals surface area contributed by atoms with Crippen molar-refractivity contribution < 1.29 is 18.4 Å². The lowest BCUT2D eigenvalue weighted by molar-refractivity contribution is 0.202. The quantitative estimate of drug-likeness (QED) is 0.919. The number of aromatic nitrogens is 1. The summed E-state index contributed by atoms with van der Waals surface area (Å²) in [5, 5.41) is 6.65. The third-order valence-corrected chi connectivity index (χ3v) is 3.44. The predicted octanol–water partition coefficient (Wildman–Crippen LogP) is 3.03. The van der Waals surface area contributed by atoms with Gasteiger partial charge in [0.15, 0.2) is 11.6 Å². The molecule has 0 radical (unpaired) electrons. The van der Waals surface area contributed by atoms with Crippen LogP contribution in [-0.4, -0.2) is 30.2 Å². The zero-order chi connectivity index (χ0) is 17.0. The van der Waals surface area contributed by atoms with E-state index in [4.69, 9.17) is 9.26 Å². The molecule has 6 nitrogen and oxygen atoms in total. The van der Waals surface area contributed by atoms with Crippen LogP contribution >= 0.6 is 0 Å². The number of methoxy groups -OCH3 is 1. The second-order valence-corrected chi connectivity index (χ2v) is 5.35. The molecule has 1 aromatic heterocycles. The van der Waals surface area contributed by atoms with Gasteiger partial charge in [0.25, 0.3) is 0 Å². The van der Waals surface area contributed by atoms with Gasteiger partial charge in [0.1, 0.15) is 11.5 Å². The molecule has 1 atom stereocenters. The number of halogens is 1. The fourth-order valence-electron chi connectivity index (χ4n) is 2.14. The van der Waals surface area contributed by atoms with Crippen LogP contribution in [0.2, 0.25) is 0 Å². The Morgan fingerprint density at radius 2 is 2.22 bits per heavy atom. The molecule has 0 aliphatic rings. The van der Waals surface area contributed by atoms with Gasteiger partial charge in [0, 0.05) is 13.1 Å². The minimum atomic E-state index is -0.461. The van der Waals surface area contributed by atoms with Crippen molar-refractivity contribution >= 4 is 6.03 Å². The fraction of sp³-hybridized carbons (Fsp3) is 0.375. The Hall–Kier alpha value is -2.57. The fourth-order valence-corrected chi connectivity index (χ4v) is 2.14. The van der Waals surface area contributed by atoms with Crippen molar-refractivity contribution in [2.24, 2.45) is 0 Å². The summed E-state index contributed by atoms with van der Waals surface area (Å²) in [5.41, 5.74) is 1.32. The average molecular weight is 321 g/mol. The third kappa shape index (κ3) is 4.21. The Morgan fingerprint density at radius 3 is 2.78 bits per heavy atom. The summed E-state index contributed by atoms with van der Waals surface area (Å²) < 4.78 is 23.6. The molecule has 1 heterocycles. The molecule has 2 rings (SSSR count). The average Bonchev–Trinajstić information content (AvgIpc) is 2.92. The SMILES string of the molecule is COc1ccc([C@@H](C)NC(=O)N(C)Cc2cc(C)on2)cc1F. The Bertz CT molecular complexity index is 687. The Kier molecular flexibility index (Phi) is 5.20. The highest BCUT2D eigenvalue weighted by Crippen LogP contribution is 2.21. The molecule has 0 bridgehead atoms. The van der Waals surface area contributed by atoms with Crippen LogP contribution in [0.3, 0.4) is 0 Å². The molecule has 2 aromatic rings. The molecule has 0 saturated carbocycles. The standard InChI is InChI=1S/C16H20FN3O3/c1-10-7-13(19-23-10)9-20(3)16(21)18-11(2)12-5-6-15(22-4)14(17)8-12/h5-8,11H,9H2,1-4H3,(H,18,21)/t11-/m1/s1. The molecule has 0 aliphatic heterocycles. The Labute approximate surface area is 134 Å². The van der Waals surface area contributed by atoms with Crippen LogP contribution in [0, 0.1) is 12.7 Å². The van der Waals surface area contributed by atoms with Crippen LogP contribution in [0.4, 0.5) is 9.18 Å². The maximum Gasteiger partial charge on any atom is 0.317 e. The topological polar surface area (TPSA) is 67.6 Å². The zero-order valence-electron chi connectivity index (χ0n) is 13.6. The number of ether oxygens (including phenoxy) is 1. The van der Waals surface area contributed by atoms with Gasteiger partial charge in [0.05, 0.1) is 19.7 Å². The van der Waals surface area contributed by atoms with Crippen molar-refractivity contribution in [3.63, 3.8) is 0 Å². The predicted molar refractivity (Wildman–Crippen MR) is 82.6 cm³/mol. The van der Waals surface area contributed by atoms with Gasteiger partial charge in [-0.2, -0.15) is 0 Å². The second kappa shape index (κ2) is 7.13. The van der Waals surface area contributed by atoms with E-state index in [9.17, 15) is 9.18 Å². The lowest BCUT2D eigenvalue weighted by Gasteiger charge is -2.21. The molecule has 0 fully saturated rings. The number of amides is 2. The minimum Gasteiger partial charge on any atom is -0.494 e. The van der Waals surface area contributed by atoms with Crippen molar-refractivity contribution in [1.29, 1.82) is 0 Å². The van der Waals surface area contributed by atoms with Crippen molar-refractivity contribution in [3.8, 4) is 5.75 Å². The molecule has 124 valence electrons. The van der Waals surface area contributed by atoms with Crippen molar-refractivity contribution in [2.45, 2.75) is 26.4 Å². The molecule has 0 aliphatic carbocycles. The lowest BCUT2D eigenvalue weighted by Crippen LogP contribution is -2.38. The van der Waals surface area contributed by atoms with E-state index in [2.05, 4.69) is 10.5 Å². The third-order valence-electron chi connectivity index (χ3n) is 3.44. The van der Waals surface area contributed by atoms with Gasteiger partial charge >= 0.3 is 6.03 Å². The highest BCUT2D eigenvalue weighted by Gasteiger charge is 2.16. The summed E-state index contributed by atoms with van der Waals surface area (Å²) in [6.45, 7) is 3.90. The summed E-state index contributed by atoms with van der Waals surface area (Å²) >= 11 is 0. The first kappa shape index (κ1) is 16.8. The number of hydrogen-bond donors (Lipinski definition) is 1. The number of carbonyl (C=O) groups excluding carboxylic acids is 1. The normalized spacial score (nSPS) is 11.9. The van der Waals surface area contributed by atoms with E-state index in [1.807, 2.05) is 0 Å². The molecule has 2 amide bonds. The minimum absolute atomic E-state index is 0.172. The second-order valence-electron chi connectivity index (χ2n) is 5.35. The molecule has 0 saturated heterocycles. The summed E-state index contributed by atoms with van der Waals surface area (Å²) in [5.74, 6) is 0.402. The van der Waals surface area contributed by atoms with Crippen LogP contribution in [0.25, 0.3) is 0 Å². The van der Waals surface area contributed by atoms with Crippen LogP contribution in [0.5, 0.6) is 5.75 Å². The first-order valence-corrected chi connectivity index (χ1v) is 7.18. The van der Waals surface area contributed by atoms with Gasteiger partial charge in [-0.15, -0.1) is 0 Å². The molecular weight excluding hydrogens is 301 g/mol. The monoisotopic (exact) mass is 321 g/mol. The van der Waals surface area contributed by atoms with E-state index < -0.39 is 5.82 Å². The summed E-state index contributed by atoms with van der Waals surface area (Å²) in [6, 6.07) is 5.75. The first-order valence-electron chi connectivity index (χ1n) is 7.18. The number of benzene rings is 1. The van der Waals surface area contributed by atoms with E-state index in [1.165, 1.54) is 24.1 Å². The van der Waals surface area contributed by atoms with Crippen molar-refractivity contribution in [1.82, 2.24) is 15.4 Å². The van der Waals surface area contributed by atoms with Crippen LogP contribution in [0.15, 0.2) is 28.8 Å². The number of hydrogen-bond acceptors (Lipinski definition) is 4. The van der Waals surface area contributed by atoms with Gasteiger partial charge in [0.2, 0.25) is 0 Å². The molecule has 0 unspecified atom stereocenters. The number of nitrogens with one attached hydrogen (secondary N) is 1. The summed E-state index contributed by atoms with van der Waals surface area (Å²) in [7, 11) is 3.06. The van der Waals surface area contributed by atoms with Crippen LogP contribution in [0.1, 0.15) is 30.0 Å². The number of urea groups is 1. The summed E-state index contributed by atoms with van der Waals surface area (Å²) in [4.78, 5) is 13.7. The number of aryl methyl sites for hydroxylation is 1. The maximum absolute atomic E-state index is 13.7. The van der Waals surface area contributed by atoms with E-state index in [0.29, 0.717) is 23.6 Å². The molecule has 1 aromatic carbocycles. The van der Waals surface area contributed by atoms with E-state index in [-0.39, 0.29) is 17.8 Å². The first-order chi connectivity index (χ1) is 10.9. The number of carbonyl (C=O) groups is 1. The van der Waals surface area contributed by atoms with E-state index in [0.717, 1.165) is 0 Å². The molecule has 1 N–H and O–H groups in total. The molecule has 23 heavy (non-hydrogen) atoms. The highest BCUT2D eigenvalue weighted by atomic mass is 19.1. The Balaban J connectivity index is 1.97. The maximum atomic E-state index is 13.7. The van der Waals surface area contributed by atoms with Crippen molar-refractivity contribution in [3.05, 3.63) is 47.1 Å². The van der Waals surface area contributed by atoms with Crippen molar-refractivity contribution in [2.75, 3.05) is 14.2 Å². The van der Waals surface area contributed by atoms with Gasteiger partial charge in [-0.25, -0.2) is 9.18 Å². The molecule has 0 spiro atoms. The highest BCUT2D eigenvalue weighted by molar-refractivity contribution is 5.74. The molecular formula is C16H20FN3O3. The lowest BCUT2D eigenvalue weighted by atomic mass is 10.1. The summed E-state index contributed by atoms with van der Waals surface area (Å²) in [6.07, 6.45) is 0. The van der Waals surface area contributed by atoms with Gasteiger partial charge < -0.3 is 19.5 Å².